The highest BCUT2D eigenvalue weighted by molar-refractivity contribution is 5.39. The number of rotatable bonds is 5. The van der Waals surface area contributed by atoms with E-state index < -0.39 is 0 Å². The molecule has 2 heterocycles. The highest BCUT2D eigenvalue weighted by Gasteiger charge is 2.18. The Hall–Kier alpha value is -1.36. The fourth-order valence-corrected chi connectivity index (χ4v) is 2.44. The van der Waals surface area contributed by atoms with Crippen molar-refractivity contribution in [1.29, 1.82) is 0 Å². The van der Waals surface area contributed by atoms with E-state index in [1.54, 1.807) is 0 Å². The summed E-state index contributed by atoms with van der Waals surface area (Å²) < 4.78 is 5.45. The van der Waals surface area contributed by atoms with Crippen molar-refractivity contribution < 1.29 is 4.74 Å². The molecular formula is C14H24N4O. The lowest BCUT2D eigenvalue weighted by Gasteiger charge is -2.31. The molecule has 0 aromatic carbocycles. The summed E-state index contributed by atoms with van der Waals surface area (Å²) in [6.45, 7) is 10.2. The molecule has 1 N–H and O–H groups in total. The molecule has 0 spiro atoms. The topological polar surface area (TPSA) is 50.3 Å². The largest absolute Gasteiger partial charge is 0.478 e. The van der Waals surface area contributed by atoms with Crippen molar-refractivity contribution in [3.8, 4) is 5.88 Å². The van der Waals surface area contributed by atoms with Crippen molar-refractivity contribution in [2.24, 2.45) is 0 Å². The number of piperidine rings is 1. The van der Waals surface area contributed by atoms with Crippen LogP contribution in [0.2, 0.25) is 0 Å². The van der Waals surface area contributed by atoms with E-state index in [0.717, 1.165) is 31.3 Å². The van der Waals surface area contributed by atoms with E-state index in [4.69, 9.17) is 4.74 Å². The van der Waals surface area contributed by atoms with Crippen molar-refractivity contribution in [1.82, 2.24) is 14.9 Å². The van der Waals surface area contributed by atoms with Crippen LogP contribution in [0.25, 0.3) is 0 Å². The van der Waals surface area contributed by atoms with Crippen LogP contribution >= 0.6 is 0 Å². The van der Waals surface area contributed by atoms with Gasteiger partial charge in [0.05, 0.1) is 6.61 Å². The number of aryl methyl sites for hydroxylation is 1. The van der Waals surface area contributed by atoms with Crippen LogP contribution < -0.4 is 10.1 Å². The number of ether oxygens (including phenoxy) is 1. The first-order chi connectivity index (χ1) is 9.21. The van der Waals surface area contributed by atoms with Crippen molar-refractivity contribution in [2.45, 2.75) is 39.7 Å². The second-order valence-corrected chi connectivity index (χ2v) is 4.92. The van der Waals surface area contributed by atoms with Gasteiger partial charge < -0.3 is 15.0 Å². The maximum absolute atomic E-state index is 5.45. The minimum absolute atomic E-state index is 0.506. The number of hydrogen-bond donors (Lipinski definition) is 1. The second kappa shape index (κ2) is 6.70. The fourth-order valence-electron chi connectivity index (χ4n) is 2.44. The van der Waals surface area contributed by atoms with Gasteiger partial charge in [0.1, 0.15) is 11.6 Å². The molecular weight excluding hydrogens is 240 g/mol. The Morgan fingerprint density at radius 1 is 1.32 bits per heavy atom. The van der Waals surface area contributed by atoms with Crippen molar-refractivity contribution in [3.05, 3.63) is 11.9 Å². The molecule has 5 nitrogen and oxygen atoms in total. The SMILES string of the molecule is CCOc1cc(NC2CCN(CC)CC2)nc(C)n1. The van der Waals surface area contributed by atoms with Gasteiger partial charge in [0.25, 0.3) is 0 Å². The van der Waals surface area contributed by atoms with Gasteiger partial charge in [-0.2, -0.15) is 4.98 Å². The van der Waals surface area contributed by atoms with Crippen LogP contribution in [0.3, 0.4) is 0 Å². The molecule has 0 saturated carbocycles. The predicted octanol–water partition coefficient (Wildman–Crippen LogP) is 2.08. The summed E-state index contributed by atoms with van der Waals surface area (Å²) in [5, 5.41) is 3.51. The summed E-state index contributed by atoms with van der Waals surface area (Å²) in [4.78, 5) is 11.2. The molecule has 1 aromatic heterocycles. The number of nitrogens with one attached hydrogen (secondary N) is 1. The third-order valence-corrected chi connectivity index (χ3v) is 3.49. The smallest absolute Gasteiger partial charge is 0.218 e. The van der Waals surface area contributed by atoms with Crippen LogP contribution in [-0.2, 0) is 0 Å². The van der Waals surface area contributed by atoms with Crippen LogP contribution in [0.4, 0.5) is 5.82 Å². The second-order valence-electron chi connectivity index (χ2n) is 4.92. The van der Waals surface area contributed by atoms with Crippen molar-refractivity contribution in [2.75, 3.05) is 31.6 Å². The zero-order valence-electron chi connectivity index (χ0n) is 12.1. The van der Waals surface area contributed by atoms with Crippen LogP contribution in [-0.4, -0.2) is 47.2 Å². The Bertz CT molecular complexity index is 402. The van der Waals surface area contributed by atoms with Gasteiger partial charge in [-0.05, 0) is 33.2 Å². The molecule has 1 saturated heterocycles. The lowest BCUT2D eigenvalue weighted by molar-refractivity contribution is 0.229. The Morgan fingerprint density at radius 2 is 2.05 bits per heavy atom. The quantitative estimate of drug-likeness (QED) is 0.882. The maximum Gasteiger partial charge on any atom is 0.218 e. The first-order valence-electron chi connectivity index (χ1n) is 7.18. The number of aromatic nitrogens is 2. The summed E-state index contributed by atoms with van der Waals surface area (Å²) in [6, 6.07) is 2.40. The molecule has 1 aromatic rings. The molecule has 5 heteroatoms. The summed E-state index contributed by atoms with van der Waals surface area (Å²) in [7, 11) is 0. The normalized spacial score (nSPS) is 17.4. The van der Waals surface area contributed by atoms with E-state index in [2.05, 4.69) is 27.1 Å². The van der Waals surface area contributed by atoms with Crippen LogP contribution in [0.15, 0.2) is 6.07 Å². The maximum atomic E-state index is 5.45. The van der Waals surface area contributed by atoms with Gasteiger partial charge in [-0.15, -0.1) is 0 Å². The minimum atomic E-state index is 0.506. The first kappa shape index (κ1) is 14.1. The summed E-state index contributed by atoms with van der Waals surface area (Å²) in [5.41, 5.74) is 0. The number of nitrogens with zero attached hydrogens (tertiary/aromatic N) is 3. The molecule has 0 amide bonds. The molecule has 1 fully saturated rings. The van der Waals surface area contributed by atoms with Gasteiger partial charge in [-0.3, -0.25) is 0 Å². The number of anilines is 1. The van der Waals surface area contributed by atoms with E-state index in [1.807, 2.05) is 19.9 Å². The van der Waals surface area contributed by atoms with Crippen molar-refractivity contribution in [3.63, 3.8) is 0 Å². The van der Waals surface area contributed by atoms with Gasteiger partial charge in [-0.1, -0.05) is 6.92 Å². The Kier molecular flexibility index (Phi) is 4.96. The molecule has 0 aliphatic carbocycles. The van der Waals surface area contributed by atoms with Crippen molar-refractivity contribution >= 4 is 5.82 Å². The van der Waals surface area contributed by atoms with Crippen LogP contribution in [0.1, 0.15) is 32.5 Å². The third-order valence-electron chi connectivity index (χ3n) is 3.49. The lowest BCUT2D eigenvalue weighted by Crippen LogP contribution is -2.39. The Labute approximate surface area is 115 Å². The summed E-state index contributed by atoms with van der Waals surface area (Å²) in [5.74, 6) is 2.29. The van der Waals surface area contributed by atoms with Gasteiger partial charge in [-0.25, -0.2) is 4.98 Å². The first-order valence-corrected chi connectivity index (χ1v) is 7.18. The molecule has 106 valence electrons. The van der Waals surface area contributed by atoms with Gasteiger partial charge in [0.2, 0.25) is 5.88 Å². The molecule has 1 aliphatic heterocycles. The van der Waals surface area contributed by atoms with Gasteiger partial charge >= 0.3 is 0 Å². The van der Waals surface area contributed by atoms with Crippen LogP contribution in [0, 0.1) is 6.92 Å². The van der Waals surface area contributed by atoms with E-state index in [1.165, 1.54) is 12.8 Å². The van der Waals surface area contributed by atoms with E-state index in [9.17, 15) is 0 Å². The number of hydrogen-bond acceptors (Lipinski definition) is 5. The number of likely N-dealkylation sites (tertiary alicyclic amines) is 1. The average molecular weight is 264 g/mol. The zero-order valence-corrected chi connectivity index (χ0v) is 12.1. The molecule has 0 radical (unpaired) electrons. The Balaban J connectivity index is 1.95. The van der Waals surface area contributed by atoms with E-state index in [0.29, 0.717) is 18.5 Å². The standard InChI is InChI=1S/C14H24N4O/c1-4-18-8-6-12(7-9-18)17-13-10-14(19-5-2)16-11(3)15-13/h10,12H,4-9H2,1-3H3,(H,15,16,17). The molecule has 2 rings (SSSR count). The Morgan fingerprint density at radius 3 is 2.68 bits per heavy atom. The molecule has 0 bridgehead atoms. The molecule has 19 heavy (non-hydrogen) atoms. The van der Waals surface area contributed by atoms with Gasteiger partial charge in [0.15, 0.2) is 0 Å². The van der Waals surface area contributed by atoms with Crippen LogP contribution in [0.5, 0.6) is 5.88 Å². The predicted molar refractivity (Wildman–Crippen MR) is 76.7 cm³/mol. The lowest BCUT2D eigenvalue weighted by atomic mass is 10.1. The highest BCUT2D eigenvalue weighted by Crippen LogP contribution is 2.18. The average Bonchev–Trinajstić information content (AvgIpc) is 2.39. The monoisotopic (exact) mass is 264 g/mol. The molecule has 0 unspecified atom stereocenters. The summed E-state index contributed by atoms with van der Waals surface area (Å²) in [6.07, 6.45) is 2.34. The zero-order chi connectivity index (χ0) is 13.7. The van der Waals surface area contributed by atoms with Gasteiger partial charge in [0, 0.05) is 25.2 Å². The molecule has 1 aliphatic rings. The minimum Gasteiger partial charge on any atom is -0.478 e. The van der Waals surface area contributed by atoms with E-state index in [-0.39, 0.29) is 0 Å². The third kappa shape index (κ3) is 4.06. The fraction of sp³-hybridized carbons (Fsp3) is 0.714. The highest BCUT2D eigenvalue weighted by atomic mass is 16.5. The molecule has 0 atom stereocenters. The summed E-state index contributed by atoms with van der Waals surface area (Å²) >= 11 is 0. The van der Waals surface area contributed by atoms with E-state index >= 15 is 0 Å².